The van der Waals surface area contributed by atoms with Gasteiger partial charge in [-0.15, -0.1) is 13.2 Å². The van der Waals surface area contributed by atoms with Gasteiger partial charge in [-0.25, -0.2) is 0 Å². The molecule has 3 heterocycles. The molecule has 2 aliphatic heterocycles. The highest BCUT2D eigenvalue weighted by atomic mass is 19.4. The Morgan fingerprint density at radius 3 is 2.72 bits per heavy atom. The zero-order valence-electron chi connectivity index (χ0n) is 15.3. The highest BCUT2D eigenvalue weighted by Gasteiger charge is 2.49. The Kier molecular flexibility index (Phi) is 3.94. The number of hydrogen-bond donors (Lipinski definition) is 0. The van der Waals surface area contributed by atoms with Crippen LogP contribution in [0, 0.1) is 0 Å². The van der Waals surface area contributed by atoms with Crippen LogP contribution < -0.4 is 14.4 Å². The van der Waals surface area contributed by atoms with Crippen molar-refractivity contribution in [1.29, 1.82) is 0 Å². The van der Waals surface area contributed by atoms with Crippen molar-refractivity contribution in [3.63, 3.8) is 0 Å². The first kappa shape index (κ1) is 17.8. The molecule has 4 nitrogen and oxygen atoms in total. The maximum absolute atomic E-state index is 12.6. The Labute approximate surface area is 165 Å². The summed E-state index contributed by atoms with van der Waals surface area (Å²) in [5.74, 6) is 0.163. The van der Waals surface area contributed by atoms with E-state index in [0.717, 1.165) is 22.4 Å². The fourth-order valence-corrected chi connectivity index (χ4v) is 4.35. The van der Waals surface area contributed by atoms with Crippen LogP contribution >= 0.6 is 0 Å². The molecular weight excluding hydrogens is 381 g/mol. The molecule has 3 aromatic rings. The summed E-state index contributed by atoms with van der Waals surface area (Å²) in [6.07, 6.45) is -1.15. The maximum atomic E-state index is 12.6. The molecular formula is C22H17F3N2O2. The Morgan fingerprint density at radius 1 is 1.07 bits per heavy atom. The van der Waals surface area contributed by atoms with Gasteiger partial charge in [0.05, 0.1) is 5.41 Å². The molecule has 0 aliphatic carbocycles. The van der Waals surface area contributed by atoms with Crippen LogP contribution in [0.4, 0.5) is 18.9 Å². The molecule has 1 aromatic heterocycles. The van der Waals surface area contributed by atoms with E-state index >= 15 is 0 Å². The predicted octanol–water partition coefficient (Wildman–Crippen LogP) is 4.68. The van der Waals surface area contributed by atoms with E-state index in [1.807, 2.05) is 30.5 Å². The summed E-state index contributed by atoms with van der Waals surface area (Å²) in [5, 5.41) is 0. The number of fused-ring (bicyclic) bond motifs is 4. The van der Waals surface area contributed by atoms with Crippen molar-refractivity contribution in [2.75, 3.05) is 18.1 Å². The summed E-state index contributed by atoms with van der Waals surface area (Å²) in [7, 11) is 0. The molecule has 1 spiro atoms. The molecule has 2 aromatic carbocycles. The number of halogens is 3. The van der Waals surface area contributed by atoms with Crippen molar-refractivity contribution >= 4 is 5.69 Å². The first-order valence-corrected chi connectivity index (χ1v) is 9.21. The molecule has 148 valence electrons. The molecule has 7 heteroatoms. The van der Waals surface area contributed by atoms with Gasteiger partial charge in [0.1, 0.15) is 18.1 Å². The van der Waals surface area contributed by atoms with E-state index in [4.69, 9.17) is 4.74 Å². The largest absolute Gasteiger partial charge is 0.573 e. The third-order valence-corrected chi connectivity index (χ3v) is 5.49. The van der Waals surface area contributed by atoms with Crippen LogP contribution in [0.1, 0.15) is 16.7 Å². The number of hydrogen-bond acceptors (Lipinski definition) is 4. The third kappa shape index (κ3) is 3.06. The van der Waals surface area contributed by atoms with Gasteiger partial charge in [0, 0.05) is 42.8 Å². The summed E-state index contributed by atoms with van der Waals surface area (Å²) in [4.78, 5) is 6.46. The third-order valence-electron chi connectivity index (χ3n) is 5.49. The van der Waals surface area contributed by atoms with Crippen molar-refractivity contribution in [1.82, 2.24) is 4.98 Å². The molecule has 0 saturated heterocycles. The van der Waals surface area contributed by atoms with Gasteiger partial charge in [-0.1, -0.05) is 30.3 Å². The SMILES string of the molecule is FC(F)(F)Oc1ccc2c(c1)OCC21CN(Cc2cccnc2)c2ccccc21. The minimum absolute atomic E-state index is 0.271. The van der Waals surface area contributed by atoms with Gasteiger partial charge in [-0.3, -0.25) is 4.98 Å². The number of nitrogens with zero attached hydrogens (tertiary/aromatic N) is 2. The lowest BCUT2D eigenvalue weighted by Gasteiger charge is -2.25. The highest BCUT2D eigenvalue weighted by molar-refractivity contribution is 5.69. The van der Waals surface area contributed by atoms with Gasteiger partial charge in [0.25, 0.3) is 0 Å². The first-order chi connectivity index (χ1) is 13.9. The summed E-state index contributed by atoms with van der Waals surface area (Å²) >= 11 is 0. The van der Waals surface area contributed by atoms with Gasteiger partial charge in [-0.05, 0) is 29.3 Å². The van der Waals surface area contributed by atoms with Crippen LogP contribution in [0.25, 0.3) is 0 Å². The zero-order chi connectivity index (χ0) is 20.1. The Bertz CT molecular complexity index is 1060. The second-order valence-electron chi connectivity index (χ2n) is 7.31. The van der Waals surface area contributed by atoms with E-state index < -0.39 is 11.8 Å². The van der Waals surface area contributed by atoms with Crippen LogP contribution in [-0.4, -0.2) is 24.5 Å². The monoisotopic (exact) mass is 398 g/mol. The van der Waals surface area contributed by atoms with Gasteiger partial charge in [-0.2, -0.15) is 0 Å². The number of ether oxygens (including phenoxy) is 2. The second kappa shape index (κ2) is 6.40. The number of aromatic nitrogens is 1. The lowest BCUT2D eigenvalue weighted by molar-refractivity contribution is -0.274. The van der Waals surface area contributed by atoms with Crippen LogP contribution in [0.15, 0.2) is 67.0 Å². The van der Waals surface area contributed by atoms with Crippen molar-refractivity contribution in [3.8, 4) is 11.5 Å². The van der Waals surface area contributed by atoms with Gasteiger partial charge >= 0.3 is 6.36 Å². The highest BCUT2D eigenvalue weighted by Crippen LogP contribution is 2.52. The lowest BCUT2D eigenvalue weighted by atomic mass is 9.78. The van der Waals surface area contributed by atoms with Crippen molar-refractivity contribution in [2.45, 2.75) is 18.3 Å². The van der Waals surface area contributed by atoms with Crippen molar-refractivity contribution < 1.29 is 22.6 Å². The molecule has 0 radical (unpaired) electrons. The normalized spacial score (nSPS) is 19.8. The summed E-state index contributed by atoms with van der Waals surface area (Å²) in [6.45, 7) is 1.74. The van der Waals surface area contributed by atoms with Crippen LogP contribution in [-0.2, 0) is 12.0 Å². The fraction of sp³-hybridized carbons (Fsp3) is 0.227. The summed E-state index contributed by atoms with van der Waals surface area (Å²) in [5.41, 5.74) is 3.77. The van der Waals surface area contributed by atoms with E-state index in [2.05, 4.69) is 26.8 Å². The van der Waals surface area contributed by atoms with Gasteiger partial charge in [0.2, 0.25) is 0 Å². The zero-order valence-corrected chi connectivity index (χ0v) is 15.3. The number of pyridine rings is 1. The van der Waals surface area contributed by atoms with Crippen LogP contribution in [0.5, 0.6) is 11.5 Å². The number of benzene rings is 2. The van der Waals surface area contributed by atoms with Crippen molar-refractivity contribution in [3.05, 3.63) is 83.7 Å². The van der Waals surface area contributed by atoms with E-state index in [9.17, 15) is 13.2 Å². The molecule has 0 saturated carbocycles. The standard InChI is InChI=1S/C22H17F3N2O2/c23-22(24,25)29-16-7-8-18-20(10-16)28-14-21(18)13-27(12-15-4-3-9-26-11-15)19-6-2-1-5-17(19)21/h1-11H,12-14H2. The molecule has 0 fully saturated rings. The Hall–Kier alpha value is -3.22. The summed E-state index contributed by atoms with van der Waals surface area (Å²) in [6, 6.07) is 16.4. The minimum Gasteiger partial charge on any atom is -0.492 e. The lowest BCUT2D eigenvalue weighted by Crippen LogP contribution is -2.35. The van der Waals surface area contributed by atoms with Crippen LogP contribution in [0.3, 0.4) is 0 Å². The predicted molar refractivity (Wildman–Crippen MR) is 101 cm³/mol. The van der Waals surface area contributed by atoms with Crippen LogP contribution in [0.2, 0.25) is 0 Å². The number of rotatable bonds is 3. The number of para-hydroxylation sites is 1. The molecule has 2 aliphatic rings. The molecule has 29 heavy (non-hydrogen) atoms. The average Bonchev–Trinajstić information content (AvgIpc) is 3.21. The smallest absolute Gasteiger partial charge is 0.492 e. The van der Waals surface area contributed by atoms with Gasteiger partial charge < -0.3 is 14.4 Å². The second-order valence-corrected chi connectivity index (χ2v) is 7.31. The molecule has 0 amide bonds. The van der Waals surface area contributed by atoms with E-state index in [1.54, 1.807) is 12.3 Å². The minimum atomic E-state index is -4.73. The van der Waals surface area contributed by atoms with Crippen molar-refractivity contribution in [2.24, 2.45) is 0 Å². The van der Waals surface area contributed by atoms with E-state index in [0.29, 0.717) is 25.4 Å². The Balaban J connectivity index is 1.52. The van der Waals surface area contributed by atoms with E-state index in [1.165, 1.54) is 12.1 Å². The number of alkyl halides is 3. The first-order valence-electron chi connectivity index (χ1n) is 9.21. The fourth-order valence-electron chi connectivity index (χ4n) is 4.35. The maximum Gasteiger partial charge on any atom is 0.573 e. The molecule has 5 rings (SSSR count). The Morgan fingerprint density at radius 2 is 1.93 bits per heavy atom. The molecule has 1 unspecified atom stereocenters. The topological polar surface area (TPSA) is 34.6 Å². The molecule has 1 atom stereocenters. The average molecular weight is 398 g/mol. The summed E-state index contributed by atoms with van der Waals surface area (Å²) < 4.78 is 47.6. The number of anilines is 1. The van der Waals surface area contributed by atoms with Gasteiger partial charge in [0.15, 0.2) is 0 Å². The molecule has 0 bridgehead atoms. The molecule has 0 N–H and O–H groups in total. The quantitative estimate of drug-likeness (QED) is 0.642. The van der Waals surface area contributed by atoms with E-state index in [-0.39, 0.29) is 5.75 Å².